The summed E-state index contributed by atoms with van der Waals surface area (Å²) in [6, 6.07) is 32.8. The molecular formula is C37H37Cl2Si2Zr. The van der Waals surface area contributed by atoms with Crippen molar-refractivity contribution in [3.63, 3.8) is 0 Å². The maximum atomic E-state index is 2.43. The Balaban J connectivity index is 0.00000202. The van der Waals surface area contributed by atoms with E-state index in [-0.39, 0.29) is 24.8 Å². The Labute approximate surface area is 280 Å². The van der Waals surface area contributed by atoms with Crippen molar-refractivity contribution in [2.45, 2.75) is 45.7 Å². The topological polar surface area (TPSA) is 0 Å². The van der Waals surface area contributed by atoms with Crippen LogP contribution in [0, 0.1) is 10.4 Å². The Morgan fingerprint density at radius 3 is 1.60 bits per heavy atom. The Hall–Kier alpha value is -2.00. The van der Waals surface area contributed by atoms with Gasteiger partial charge in [-0.2, -0.15) is 0 Å². The summed E-state index contributed by atoms with van der Waals surface area (Å²) in [7, 11) is -2.78. The molecule has 0 saturated heterocycles. The summed E-state index contributed by atoms with van der Waals surface area (Å²) < 4.78 is 1.48. The number of halogens is 2. The second kappa shape index (κ2) is 12.5. The SMILES string of the molecule is C[Si](C)(C)c1ccc(C(c2ccc([Si](C)(C)C)cc2)=c2ccc3c(c2C2=CC=CC2)[C]([Zr+2])=c2ccccc2=3)cc1.[Cl-].[Cl-]. The molecule has 4 aromatic carbocycles. The summed E-state index contributed by atoms with van der Waals surface area (Å²) in [6.07, 6.45) is 7.86. The van der Waals surface area contributed by atoms with Crippen LogP contribution in [-0.2, 0) is 24.7 Å². The first-order chi connectivity index (χ1) is 19.0. The fourth-order valence-corrected chi connectivity index (χ4v) is 9.59. The number of hydrogen-bond acceptors (Lipinski definition) is 0. The molecule has 0 heterocycles. The van der Waals surface area contributed by atoms with Crippen molar-refractivity contribution in [2.75, 3.05) is 0 Å². The fourth-order valence-electron chi connectivity index (χ4n) is 6.08. The van der Waals surface area contributed by atoms with Gasteiger partial charge in [-0.15, -0.1) is 0 Å². The third kappa shape index (κ3) is 6.01. The zero-order chi connectivity index (χ0) is 28.2. The van der Waals surface area contributed by atoms with E-state index in [9.17, 15) is 0 Å². The zero-order valence-corrected chi connectivity index (χ0v) is 31.2. The summed E-state index contributed by atoms with van der Waals surface area (Å²) in [4.78, 5) is 0. The van der Waals surface area contributed by atoms with Gasteiger partial charge in [0, 0.05) is 0 Å². The summed E-state index contributed by atoms with van der Waals surface area (Å²) in [6.45, 7) is 14.6. The molecule has 0 amide bonds. The van der Waals surface area contributed by atoms with Crippen LogP contribution in [0.15, 0.2) is 103 Å². The Kier molecular flexibility index (Phi) is 9.83. The normalized spacial score (nSPS) is 13.6. The van der Waals surface area contributed by atoms with E-state index < -0.39 is 16.1 Å². The van der Waals surface area contributed by atoms with E-state index in [1.54, 1.807) is 0 Å². The third-order valence-corrected chi connectivity index (χ3v) is 13.8. The smallest absolute Gasteiger partial charge is 1.00 e. The van der Waals surface area contributed by atoms with Crippen molar-refractivity contribution in [1.29, 1.82) is 0 Å². The first-order valence-corrected chi connectivity index (χ1v) is 22.6. The number of rotatable bonds is 5. The molecule has 6 rings (SSSR count). The number of benzene rings is 4. The van der Waals surface area contributed by atoms with Crippen LogP contribution in [0.4, 0.5) is 0 Å². The van der Waals surface area contributed by atoms with E-state index >= 15 is 0 Å². The van der Waals surface area contributed by atoms with E-state index in [4.69, 9.17) is 0 Å². The molecule has 0 unspecified atom stereocenters. The second-order valence-electron chi connectivity index (χ2n) is 13.2. The molecule has 0 spiro atoms. The maximum absolute atomic E-state index is 2.43. The second-order valence-corrected chi connectivity index (χ2v) is 24.6. The van der Waals surface area contributed by atoms with Crippen LogP contribution < -0.4 is 45.6 Å². The summed E-state index contributed by atoms with van der Waals surface area (Å²) in [5, 5.41) is 8.53. The zero-order valence-electron chi connectivity index (χ0n) is 25.3. The average Bonchev–Trinajstić information content (AvgIpc) is 3.56. The molecule has 0 radical (unpaired) electrons. The van der Waals surface area contributed by atoms with Crippen LogP contribution >= 0.6 is 0 Å². The number of hydrogen-bond donors (Lipinski definition) is 0. The first kappa shape index (κ1) is 32.9. The van der Waals surface area contributed by atoms with Crippen LogP contribution in [0.1, 0.15) is 28.7 Å². The summed E-state index contributed by atoms with van der Waals surface area (Å²) in [5.41, 5.74) is 8.24. The number of fused-ring (bicyclic) bond motifs is 2. The minimum atomic E-state index is -1.39. The van der Waals surface area contributed by atoms with Gasteiger partial charge in [0.25, 0.3) is 0 Å². The average molecular weight is 700 g/mol. The van der Waals surface area contributed by atoms with E-state index in [1.165, 1.54) is 92.6 Å². The molecule has 0 aromatic heterocycles. The van der Waals surface area contributed by atoms with Gasteiger partial charge in [-0.3, -0.25) is 0 Å². The molecule has 42 heavy (non-hydrogen) atoms. The van der Waals surface area contributed by atoms with Crippen LogP contribution in [0.2, 0.25) is 39.3 Å². The van der Waals surface area contributed by atoms with Gasteiger partial charge in [0.1, 0.15) is 0 Å². The van der Waals surface area contributed by atoms with Crippen molar-refractivity contribution in [3.05, 3.63) is 146 Å². The molecule has 4 aromatic rings. The standard InChI is InChI=1S/C37H37Si2.2ClH.Zr/c1-38(2,3)30-19-15-27(16-20-30)36(28-17-21-31(22-18-28)39(4,5)6)34-24-23-33-32-14-10-9-13-29(32)25-35(33)37(34)26-11-7-8-12-26;;;/h7-11,13-24H,12H2,1-6H3;2*1H;/q;;;+2/p-2. The van der Waals surface area contributed by atoms with Gasteiger partial charge in [-0.1, -0.05) is 0 Å². The summed E-state index contributed by atoms with van der Waals surface area (Å²) >= 11 is 1.47. The largest absolute Gasteiger partial charge is 1.00 e. The fraction of sp³-hybridized carbons (Fsp3) is 0.189. The maximum Gasteiger partial charge on any atom is -1.00 e. The van der Waals surface area contributed by atoms with Crippen molar-refractivity contribution in [2.24, 2.45) is 0 Å². The van der Waals surface area contributed by atoms with Crippen molar-refractivity contribution < 1.29 is 49.5 Å². The van der Waals surface area contributed by atoms with Crippen molar-refractivity contribution in [3.8, 4) is 0 Å². The molecule has 2 aliphatic carbocycles. The van der Waals surface area contributed by atoms with Crippen LogP contribution in [0.5, 0.6) is 0 Å². The molecule has 0 nitrogen and oxygen atoms in total. The van der Waals surface area contributed by atoms with Gasteiger partial charge < -0.3 is 24.8 Å². The molecule has 0 bridgehead atoms. The molecule has 2 aliphatic rings. The van der Waals surface area contributed by atoms with Crippen molar-refractivity contribution in [1.82, 2.24) is 0 Å². The molecule has 5 heteroatoms. The first-order valence-electron chi connectivity index (χ1n) is 14.3. The van der Waals surface area contributed by atoms with Gasteiger partial charge >= 0.3 is 258 Å². The molecule has 211 valence electrons. The minimum absolute atomic E-state index is 0. The third-order valence-electron chi connectivity index (χ3n) is 8.38. The van der Waals surface area contributed by atoms with Gasteiger partial charge in [-0.05, 0) is 0 Å². The minimum Gasteiger partial charge on any atom is -1.00 e. The monoisotopic (exact) mass is 697 g/mol. The Morgan fingerprint density at radius 1 is 0.595 bits per heavy atom. The van der Waals surface area contributed by atoms with Gasteiger partial charge in [0.2, 0.25) is 0 Å². The van der Waals surface area contributed by atoms with E-state index in [0.717, 1.165) is 6.42 Å². The van der Waals surface area contributed by atoms with E-state index in [2.05, 4.69) is 142 Å². The predicted molar refractivity (Wildman–Crippen MR) is 175 cm³/mol. The molecule has 0 aliphatic heterocycles. The van der Waals surface area contributed by atoms with Crippen molar-refractivity contribution >= 4 is 40.9 Å². The van der Waals surface area contributed by atoms with Crippen LogP contribution in [0.3, 0.4) is 0 Å². The van der Waals surface area contributed by atoms with Gasteiger partial charge in [0.15, 0.2) is 0 Å². The number of allylic oxidation sites excluding steroid dienone is 4. The molecule has 0 N–H and O–H groups in total. The Morgan fingerprint density at radius 2 is 1.12 bits per heavy atom. The molecular weight excluding hydrogens is 663 g/mol. The van der Waals surface area contributed by atoms with Crippen LogP contribution in [0.25, 0.3) is 14.4 Å². The van der Waals surface area contributed by atoms with Gasteiger partial charge in [0.05, 0.1) is 0 Å². The molecule has 0 atom stereocenters. The van der Waals surface area contributed by atoms with E-state index in [0.29, 0.717) is 0 Å². The molecule has 0 saturated carbocycles. The quantitative estimate of drug-likeness (QED) is 0.269. The van der Waals surface area contributed by atoms with Crippen LogP contribution in [-0.4, -0.2) is 16.1 Å². The van der Waals surface area contributed by atoms with Gasteiger partial charge in [-0.25, -0.2) is 0 Å². The van der Waals surface area contributed by atoms with E-state index in [1.807, 2.05) is 0 Å². The Bertz CT molecular complexity index is 1860. The predicted octanol–water partition coefficient (Wildman–Crippen LogP) is 0.679. The summed E-state index contributed by atoms with van der Waals surface area (Å²) in [5.74, 6) is 0. The molecule has 0 fully saturated rings.